The van der Waals surface area contributed by atoms with Crippen LogP contribution in [0.2, 0.25) is 0 Å². The molecular weight excluding hydrogens is 289 g/mol. The number of aromatic nitrogens is 4. The highest BCUT2D eigenvalue weighted by Crippen LogP contribution is 2.10. The van der Waals surface area contributed by atoms with Gasteiger partial charge in [0.2, 0.25) is 5.95 Å². The number of imidazole rings is 1. The number of fused-ring (bicyclic) bond motifs is 1. The van der Waals surface area contributed by atoms with E-state index in [1.54, 1.807) is 19.2 Å². The number of anilines is 1. The molecule has 2 aromatic heterocycles. The Labute approximate surface area is 124 Å². The number of hydrogen-bond donors (Lipinski definition) is 2. The monoisotopic (exact) mass is 303 g/mol. The summed E-state index contributed by atoms with van der Waals surface area (Å²) in [5.74, 6) is 0.0728. The number of halogens is 1. The summed E-state index contributed by atoms with van der Waals surface area (Å²) in [6, 6.07) is 6.05. The largest absolute Gasteiger partial charge is 0.352 e. The van der Waals surface area contributed by atoms with Crippen LogP contribution in [-0.2, 0) is 20.6 Å². The molecule has 1 aromatic carbocycles. The Morgan fingerprint density at radius 1 is 1.18 bits per heavy atom. The van der Waals surface area contributed by atoms with Crippen molar-refractivity contribution in [1.29, 1.82) is 0 Å². The summed E-state index contributed by atoms with van der Waals surface area (Å²) in [5, 5.41) is 3.01. The van der Waals surface area contributed by atoms with Crippen LogP contribution in [0.1, 0.15) is 5.56 Å². The molecule has 0 aliphatic heterocycles. The van der Waals surface area contributed by atoms with E-state index in [0.717, 1.165) is 10.1 Å². The Kier molecular flexibility index (Phi) is 3.28. The van der Waals surface area contributed by atoms with Gasteiger partial charge >= 0.3 is 5.69 Å². The first-order valence-electron chi connectivity index (χ1n) is 6.61. The molecule has 0 radical (unpaired) electrons. The highest BCUT2D eigenvalue weighted by atomic mass is 19.1. The van der Waals surface area contributed by atoms with Gasteiger partial charge in [-0.3, -0.25) is 13.9 Å². The molecule has 8 heteroatoms. The van der Waals surface area contributed by atoms with E-state index in [2.05, 4.69) is 15.3 Å². The number of rotatable bonds is 3. The van der Waals surface area contributed by atoms with Gasteiger partial charge in [0.05, 0.1) is 0 Å². The average Bonchev–Trinajstić information content (AvgIpc) is 2.95. The van der Waals surface area contributed by atoms with Crippen molar-refractivity contribution in [3.05, 3.63) is 56.5 Å². The Morgan fingerprint density at radius 2 is 1.86 bits per heavy atom. The van der Waals surface area contributed by atoms with E-state index in [0.29, 0.717) is 12.5 Å². The minimum Gasteiger partial charge on any atom is -0.352 e. The van der Waals surface area contributed by atoms with Crippen LogP contribution in [0.15, 0.2) is 33.9 Å². The lowest BCUT2D eigenvalue weighted by Gasteiger charge is -2.02. The number of aromatic amines is 1. The van der Waals surface area contributed by atoms with Crippen LogP contribution < -0.4 is 16.6 Å². The van der Waals surface area contributed by atoms with Crippen molar-refractivity contribution in [3.63, 3.8) is 0 Å². The van der Waals surface area contributed by atoms with Crippen LogP contribution >= 0.6 is 0 Å². The van der Waals surface area contributed by atoms with Gasteiger partial charge in [0.15, 0.2) is 11.2 Å². The lowest BCUT2D eigenvalue weighted by Crippen LogP contribution is -2.36. The van der Waals surface area contributed by atoms with Crippen molar-refractivity contribution >= 4 is 17.1 Å². The van der Waals surface area contributed by atoms with Gasteiger partial charge in [0.25, 0.3) is 5.56 Å². The molecular formula is C14H14FN5O2. The topological polar surface area (TPSA) is 84.7 Å². The van der Waals surface area contributed by atoms with Gasteiger partial charge in [0.1, 0.15) is 5.82 Å². The Bertz CT molecular complexity index is 952. The van der Waals surface area contributed by atoms with E-state index in [1.165, 1.54) is 23.7 Å². The summed E-state index contributed by atoms with van der Waals surface area (Å²) in [7, 11) is 2.96. The molecule has 114 valence electrons. The number of H-pyrrole nitrogens is 1. The van der Waals surface area contributed by atoms with Crippen molar-refractivity contribution in [1.82, 2.24) is 19.1 Å². The van der Waals surface area contributed by atoms with Crippen molar-refractivity contribution in [2.75, 3.05) is 5.32 Å². The highest BCUT2D eigenvalue weighted by Gasteiger charge is 2.13. The minimum atomic E-state index is -0.436. The van der Waals surface area contributed by atoms with Gasteiger partial charge in [-0.05, 0) is 17.7 Å². The van der Waals surface area contributed by atoms with E-state index >= 15 is 0 Å². The quantitative estimate of drug-likeness (QED) is 0.746. The van der Waals surface area contributed by atoms with Crippen LogP contribution in [0.5, 0.6) is 0 Å². The van der Waals surface area contributed by atoms with Crippen LogP contribution in [0.4, 0.5) is 10.3 Å². The average molecular weight is 303 g/mol. The molecule has 22 heavy (non-hydrogen) atoms. The lowest BCUT2D eigenvalue weighted by atomic mass is 10.2. The van der Waals surface area contributed by atoms with Gasteiger partial charge in [-0.25, -0.2) is 9.18 Å². The second-order valence-corrected chi connectivity index (χ2v) is 4.97. The molecule has 0 fully saturated rings. The summed E-state index contributed by atoms with van der Waals surface area (Å²) in [4.78, 5) is 31.0. The van der Waals surface area contributed by atoms with E-state index in [9.17, 15) is 14.0 Å². The lowest BCUT2D eigenvalue weighted by molar-refractivity contribution is 0.627. The molecule has 0 atom stereocenters. The molecule has 2 N–H and O–H groups in total. The fourth-order valence-electron chi connectivity index (χ4n) is 2.20. The predicted octanol–water partition coefficient (Wildman–Crippen LogP) is 0.711. The maximum atomic E-state index is 12.8. The predicted molar refractivity (Wildman–Crippen MR) is 80.3 cm³/mol. The number of aryl methyl sites for hydroxylation is 1. The zero-order valence-corrected chi connectivity index (χ0v) is 12.1. The van der Waals surface area contributed by atoms with Crippen LogP contribution in [0.3, 0.4) is 0 Å². The first-order valence-corrected chi connectivity index (χ1v) is 6.61. The molecule has 0 aliphatic rings. The Balaban J connectivity index is 1.94. The molecule has 0 saturated heterocycles. The zero-order valence-electron chi connectivity index (χ0n) is 12.1. The standard InChI is InChI=1S/C14H14FN5O2/c1-19-11-10(12(21)20(2)14(19)22)17-13(18-11)16-7-8-3-5-9(15)6-4-8/h3-6H,7H2,1-2H3,(H2,16,17,18). The third-order valence-corrected chi connectivity index (χ3v) is 3.47. The minimum absolute atomic E-state index is 0.256. The summed E-state index contributed by atoms with van der Waals surface area (Å²) in [6.45, 7) is 0.411. The Hall–Kier alpha value is -2.90. The number of benzene rings is 1. The number of nitrogens with one attached hydrogen (secondary N) is 2. The van der Waals surface area contributed by atoms with Gasteiger partial charge in [-0.1, -0.05) is 12.1 Å². The fourth-order valence-corrected chi connectivity index (χ4v) is 2.20. The normalized spacial score (nSPS) is 11.0. The van der Waals surface area contributed by atoms with Crippen molar-refractivity contribution in [3.8, 4) is 0 Å². The summed E-state index contributed by atoms with van der Waals surface area (Å²) >= 11 is 0. The molecule has 0 bridgehead atoms. The molecule has 0 aliphatic carbocycles. The van der Waals surface area contributed by atoms with Crippen molar-refractivity contribution in [2.45, 2.75) is 6.54 Å². The Morgan fingerprint density at radius 3 is 2.55 bits per heavy atom. The summed E-state index contributed by atoms with van der Waals surface area (Å²) < 4.78 is 15.2. The highest BCUT2D eigenvalue weighted by molar-refractivity contribution is 5.72. The van der Waals surface area contributed by atoms with Gasteiger partial charge in [-0.2, -0.15) is 4.98 Å². The number of nitrogens with zero attached hydrogens (tertiary/aromatic N) is 3. The fraction of sp³-hybridized carbons (Fsp3) is 0.214. The molecule has 0 unspecified atom stereocenters. The SMILES string of the molecule is Cn1c(=O)c2[nH]c(NCc3ccc(F)cc3)nc2n(C)c1=O. The second-order valence-electron chi connectivity index (χ2n) is 4.97. The molecule has 2 heterocycles. The zero-order chi connectivity index (χ0) is 15.9. The third-order valence-electron chi connectivity index (χ3n) is 3.47. The van der Waals surface area contributed by atoms with Crippen LogP contribution in [-0.4, -0.2) is 19.1 Å². The molecule has 3 aromatic rings. The maximum Gasteiger partial charge on any atom is 0.332 e. The maximum absolute atomic E-state index is 12.8. The third kappa shape index (κ3) is 2.28. The molecule has 3 rings (SSSR count). The van der Waals surface area contributed by atoms with Gasteiger partial charge in [0, 0.05) is 20.6 Å². The first-order chi connectivity index (χ1) is 10.5. The van der Waals surface area contributed by atoms with E-state index < -0.39 is 11.2 Å². The molecule has 0 spiro atoms. The van der Waals surface area contributed by atoms with Gasteiger partial charge < -0.3 is 10.3 Å². The molecule has 0 amide bonds. The first kappa shape index (κ1) is 14.1. The van der Waals surface area contributed by atoms with E-state index in [4.69, 9.17) is 0 Å². The number of hydrogen-bond acceptors (Lipinski definition) is 4. The summed E-state index contributed by atoms with van der Waals surface area (Å²) in [5.41, 5.74) is 0.541. The van der Waals surface area contributed by atoms with E-state index in [-0.39, 0.29) is 17.0 Å². The smallest absolute Gasteiger partial charge is 0.332 e. The molecule has 0 saturated carbocycles. The van der Waals surface area contributed by atoms with Crippen molar-refractivity contribution in [2.24, 2.45) is 14.1 Å². The molecule has 7 nitrogen and oxygen atoms in total. The van der Waals surface area contributed by atoms with Crippen LogP contribution in [0, 0.1) is 5.82 Å². The van der Waals surface area contributed by atoms with Crippen molar-refractivity contribution < 1.29 is 4.39 Å². The van der Waals surface area contributed by atoms with E-state index in [1.807, 2.05) is 0 Å². The van der Waals surface area contributed by atoms with Gasteiger partial charge in [-0.15, -0.1) is 0 Å². The summed E-state index contributed by atoms with van der Waals surface area (Å²) in [6.07, 6.45) is 0. The second kappa shape index (κ2) is 5.14. The van der Waals surface area contributed by atoms with Crippen LogP contribution in [0.25, 0.3) is 11.2 Å².